The average molecular weight is 397 g/mol. The molecule has 9 nitrogen and oxygen atoms in total. The first-order valence-corrected chi connectivity index (χ1v) is 8.41. The molecule has 2 aromatic carbocycles. The molecular formula is C20H19N3O6. The number of aromatic nitrogens is 2. The molecule has 6 N–H and O–H groups in total. The molecular weight excluding hydrogens is 378 g/mol. The number of aromatic amines is 1. The number of nitrogens with one attached hydrogen (secondary N) is 1. The van der Waals surface area contributed by atoms with Crippen LogP contribution in [0.2, 0.25) is 0 Å². The minimum Gasteiger partial charge on any atom is -0.478 e. The monoisotopic (exact) mass is 397 g/mol. The number of nitrogens with two attached hydrogens (primary N) is 1. The molecule has 0 spiro atoms. The lowest BCUT2D eigenvalue weighted by molar-refractivity contribution is 0.0649. The van der Waals surface area contributed by atoms with Crippen molar-refractivity contribution in [2.75, 3.05) is 0 Å². The van der Waals surface area contributed by atoms with Gasteiger partial charge in [-0.25, -0.2) is 19.4 Å². The van der Waals surface area contributed by atoms with Gasteiger partial charge in [-0.3, -0.25) is 0 Å². The fourth-order valence-electron chi connectivity index (χ4n) is 2.35. The zero-order chi connectivity index (χ0) is 21.6. The summed E-state index contributed by atoms with van der Waals surface area (Å²) >= 11 is 0. The Bertz CT molecular complexity index is 1030. The molecule has 0 saturated heterocycles. The van der Waals surface area contributed by atoms with Crippen molar-refractivity contribution in [1.29, 1.82) is 0 Å². The van der Waals surface area contributed by atoms with Gasteiger partial charge in [0.2, 0.25) is 0 Å². The fourth-order valence-corrected chi connectivity index (χ4v) is 2.35. The maximum absolute atomic E-state index is 10.6. The van der Waals surface area contributed by atoms with Crippen molar-refractivity contribution < 1.29 is 29.7 Å². The third-order valence-corrected chi connectivity index (χ3v) is 3.84. The standard InChI is InChI=1S/C11H13N3.C9H6O6/c1-8(12)10-7-13-11(14-10)9-5-3-2-4-6-9;10-7(11)4-1-2-5(8(12)13)6(3-4)9(14)15/h2-8H,12H2,1H3,(H,13,14);1-3H,(H,10,11)(H,12,13)(H,14,15). The molecule has 0 amide bonds. The quantitative estimate of drug-likeness (QED) is 0.438. The van der Waals surface area contributed by atoms with Crippen LogP contribution in [0.5, 0.6) is 0 Å². The number of rotatable bonds is 5. The number of carbonyl (C=O) groups is 3. The first-order chi connectivity index (χ1) is 13.7. The molecule has 3 rings (SSSR count). The van der Waals surface area contributed by atoms with E-state index in [0.717, 1.165) is 35.3 Å². The van der Waals surface area contributed by atoms with Gasteiger partial charge in [0.05, 0.1) is 22.4 Å². The van der Waals surface area contributed by atoms with Gasteiger partial charge in [0.25, 0.3) is 0 Å². The molecule has 0 fully saturated rings. The van der Waals surface area contributed by atoms with Crippen LogP contribution in [0.25, 0.3) is 11.4 Å². The van der Waals surface area contributed by atoms with Gasteiger partial charge in [-0.1, -0.05) is 30.3 Å². The van der Waals surface area contributed by atoms with Crippen molar-refractivity contribution in [3.63, 3.8) is 0 Å². The van der Waals surface area contributed by atoms with Crippen LogP contribution in [0.15, 0.2) is 54.7 Å². The molecule has 1 unspecified atom stereocenters. The van der Waals surface area contributed by atoms with Crippen LogP contribution < -0.4 is 5.73 Å². The first kappa shape index (κ1) is 21.3. The van der Waals surface area contributed by atoms with E-state index in [1.54, 1.807) is 0 Å². The molecule has 1 aromatic heterocycles. The summed E-state index contributed by atoms with van der Waals surface area (Å²) in [7, 11) is 0. The summed E-state index contributed by atoms with van der Waals surface area (Å²) in [5, 5.41) is 25.9. The minimum absolute atomic E-state index is 0.0243. The number of H-pyrrole nitrogens is 1. The third-order valence-electron chi connectivity index (χ3n) is 3.84. The maximum atomic E-state index is 10.6. The smallest absolute Gasteiger partial charge is 0.336 e. The van der Waals surface area contributed by atoms with Crippen LogP contribution in [0, 0.1) is 0 Å². The minimum atomic E-state index is -1.48. The van der Waals surface area contributed by atoms with Crippen molar-refractivity contribution in [3.8, 4) is 11.4 Å². The van der Waals surface area contributed by atoms with Crippen molar-refractivity contribution in [1.82, 2.24) is 9.97 Å². The van der Waals surface area contributed by atoms with Crippen molar-refractivity contribution in [2.24, 2.45) is 5.73 Å². The molecule has 0 aliphatic carbocycles. The van der Waals surface area contributed by atoms with E-state index < -0.39 is 29.0 Å². The van der Waals surface area contributed by atoms with Crippen molar-refractivity contribution >= 4 is 17.9 Å². The Labute approximate surface area is 165 Å². The lowest BCUT2D eigenvalue weighted by atomic mass is 10.0. The van der Waals surface area contributed by atoms with Gasteiger partial charge in [-0.2, -0.15) is 0 Å². The van der Waals surface area contributed by atoms with Gasteiger partial charge in [-0.15, -0.1) is 0 Å². The van der Waals surface area contributed by atoms with Crippen LogP contribution in [-0.4, -0.2) is 43.2 Å². The van der Waals surface area contributed by atoms with Crippen LogP contribution in [0.3, 0.4) is 0 Å². The topological polar surface area (TPSA) is 167 Å². The highest BCUT2D eigenvalue weighted by atomic mass is 16.4. The van der Waals surface area contributed by atoms with Gasteiger partial charge in [0, 0.05) is 17.8 Å². The van der Waals surface area contributed by atoms with Crippen LogP contribution >= 0.6 is 0 Å². The number of benzene rings is 2. The second-order valence-electron chi connectivity index (χ2n) is 6.00. The molecule has 1 heterocycles. The van der Waals surface area contributed by atoms with Crippen LogP contribution in [0.1, 0.15) is 49.7 Å². The van der Waals surface area contributed by atoms with Crippen LogP contribution in [0.4, 0.5) is 0 Å². The number of imidazole rings is 1. The Morgan fingerprint density at radius 2 is 1.55 bits per heavy atom. The summed E-state index contributed by atoms with van der Waals surface area (Å²) in [5.41, 5.74) is 6.45. The van der Waals surface area contributed by atoms with E-state index in [2.05, 4.69) is 9.97 Å². The van der Waals surface area contributed by atoms with Crippen molar-refractivity contribution in [3.05, 3.63) is 77.1 Å². The van der Waals surface area contributed by atoms with Crippen molar-refractivity contribution in [2.45, 2.75) is 13.0 Å². The molecule has 1 atom stereocenters. The highest BCUT2D eigenvalue weighted by Crippen LogP contribution is 2.16. The van der Waals surface area contributed by atoms with E-state index >= 15 is 0 Å². The summed E-state index contributed by atoms with van der Waals surface area (Å²) < 4.78 is 0. The SMILES string of the molecule is CC(N)c1c[nH]c(-c2ccccc2)n1.O=C(O)c1ccc(C(=O)O)c(C(=O)O)c1. The molecule has 0 saturated carbocycles. The van der Waals surface area contributed by atoms with Crippen LogP contribution in [-0.2, 0) is 0 Å². The molecule has 3 aromatic rings. The number of aromatic carboxylic acids is 3. The highest BCUT2D eigenvalue weighted by Gasteiger charge is 2.18. The predicted octanol–water partition coefficient (Wildman–Crippen LogP) is 2.88. The largest absolute Gasteiger partial charge is 0.478 e. The molecule has 0 radical (unpaired) electrons. The molecule has 150 valence electrons. The number of nitrogens with zero attached hydrogens (tertiary/aromatic N) is 1. The summed E-state index contributed by atoms with van der Waals surface area (Å²) in [6, 6.07) is 12.8. The summed E-state index contributed by atoms with van der Waals surface area (Å²) in [6.45, 7) is 1.92. The Kier molecular flexibility index (Phi) is 6.83. The average Bonchev–Trinajstić information content (AvgIpc) is 3.19. The number of carboxylic acids is 3. The van der Waals surface area contributed by atoms with E-state index in [-0.39, 0.29) is 11.6 Å². The summed E-state index contributed by atoms with van der Waals surface area (Å²) in [6.07, 6.45) is 1.85. The van der Waals surface area contributed by atoms with Gasteiger partial charge >= 0.3 is 17.9 Å². The normalized spacial score (nSPS) is 11.1. The van der Waals surface area contributed by atoms with Gasteiger partial charge in [0.1, 0.15) is 5.82 Å². The predicted molar refractivity (Wildman–Crippen MR) is 104 cm³/mol. The Morgan fingerprint density at radius 3 is 2.03 bits per heavy atom. The zero-order valence-electron chi connectivity index (χ0n) is 15.4. The third kappa shape index (κ3) is 5.50. The lowest BCUT2D eigenvalue weighted by Crippen LogP contribution is -2.10. The molecule has 0 aliphatic heterocycles. The van der Waals surface area contributed by atoms with Gasteiger partial charge in [0.15, 0.2) is 0 Å². The van der Waals surface area contributed by atoms with E-state index in [1.807, 2.05) is 43.5 Å². The Hall–Kier alpha value is -3.98. The zero-order valence-corrected chi connectivity index (χ0v) is 15.4. The van der Waals surface area contributed by atoms with E-state index in [4.69, 9.17) is 21.1 Å². The Balaban J connectivity index is 0.000000207. The van der Waals surface area contributed by atoms with E-state index in [0.29, 0.717) is 0 Å². The van der Waals surface area contributed by atoms with Gasteiger partial charge in [-0.05, 0) is 25.1 Å². The molecule has 9 heteroatoms. The second kappa shape index (κ2) is 9.29. The molecule has 0 aliphatic rings. The summed E-state index contributed by atoms with van der Waals surface area (Å²) in [4.78, 5) is 39.3. The summed E-state index contributed by atoms with van der Waals surface area (Å²) in [5.74, 6) is -3.33. The Morgan fingerprint density at radius 1 is 0.931 bits per heavy atom. The molecule has 29 heavy (non-hydrogen) atoms. The second-order valence-corrected chi connectivity index (χ2v) is 6.00. The fraction of sp³-hybridized carbons (Fsp3) is 0.100. The highest BCUT2D eigenvalue weighted by molar-refractivity contribution is 6.03. The van der Waals surface area contributed by atoms with E-state index in [1.165, 1.54) is 0 Å². The molecule has 0 bridgehead atoms. The van der Waals surface area contributed by atoms with E-state index in [9.17, 15) is 14.4 Å². The number of hydrogen-bond donors (Lipinski definition) is 5. The lowest BCUT2D eigenvalue weighted by Gasteiger charge is -2.02. The van der Waals surface area contributed by atoms with Gasteiger partial charge < -0.3 is 26.0 Å². The first-order valence-electron chi connectivity index (χ1n) is 8.41. The number of carboxylic acid groups (broad SMARTS) is 3. The maximum Gasteiger partial charge on any atom is 0.336 e. The number of hydrogen-bond acceptors (Lipinski definition) is 5.